The number of ether oxygens (including phenoxy) is 1. The minimum Gasteiger partial charge on any atom is -0.465 e. The zero-order chi connectivity index (χ0) is 23.3. The predicted octanol–water partition coefficient (Wildman–Crippen LogP) is 4.61. The highest BCUT2D eigenvalue weighted by Gasteiger charge is 2.27. The SMILES string of the molecule is COC(=O)c1ccc(Cl)c(NC(=O)CN(c2cccc(Cl)c2)S(=O)(=O)c2ccccc2)c1. The Bertz CT molecular complexity index is 1250. The minimum absolute atomic E-state index is 0.0125. The summed E-state index contributed by atoms with van der Waals surface area (Å²) in [4.78, 5) is 24.6. The number of anilines is 2. The van der Waals surface area contributed by atoms with Crippen molar-refractivity contribution in [2.75, 3.05) is 23.3 Å². The molecule has 3 aromatic carbocycles. The molecular weight excluding hydrogens is 475 g/mol. The van der Waals surface area contributed by atoms with Crippen molar-refractivity contribution in [3.63, 3.8) is 0 Å². The zero-order valence-electron chi connectivity index (χ0n) is 16.8. The molecule has 7 nitrogen and oxygen atoms in total. The molecule has 0 atom stereocenters. The first-order valence-corrected chi connectivity index (χ1v) is 11.4. The van der Waals surface area contributed by atoms with Crippen molar-refractivity contribution in [3.05, 3.63) is 88.4 Å². The summed E-state index contributed by atoms with van der Waals surface area (Å²) in [5.74, 6) is -1.28. The summed E-state index contributed by atoms with van der Waals surface area (Å²) in [7, 11) is -2.86. The first-order valence-electron chi connectivity index (χ1n) is 9.23. The van der Waals surface area contributed by atoms with Gasteiger partial charge in [-0.1, -0.05) is 47.5 Å². The summed E-state index contributed by atoms with van der Waals surface area (Å²) in [6.45, 7) is -0.559. The topological polar surface area (TPSA) is 92.8 Å². The summed E-state index contributed by atoms with van der Waals surface area (Å²) in [5.41, 5.74) is 0.532. The fourth-order valence-corrected chi connectivity index (χ4v) is 4.64. The number of hydrogen-bond donors (Lipinski definition) is 1. The average molecular weight is 493 g/mol. The van der Waals surface area contributed by atoms with Gasteiger partial charge in [-0.2, -0.15) is 0 Å². The van der Waals surface area contributed by atoms with Crippen molar-refractivity contribution < 1.29 is 22.7 Å². The molecule has 0 aliphatic rings. The van der Waals surface area contributed by atoms with Crippen LogP contribution in [-0.2, 0) is 19.6 Å². The summed E-state index contributed by atoms with van der Waals surface area (Å²) < 4.78 is 32.2. The van der Waals surface area contributed by atoms with Crippen molar-refractivity contribution in [1.82, 2.24) is 0 Å². The molecule has 10 heteroatoms. The van der Waals surface area contributed by atoms with Crippen molar-refractivity contribution in [2.24, 2.45) is 0 Å². The first kappa shape index (κ1) is 23.6. The second-order valence-corrected chi connectivity index (χ2v) is 9.24. The summed E-state index contributed by atoms with van der Waals surface area (Å²) in [6.07, 6.45) is 0. The number of halogens is 2. The third-order valence-electron chi connectivity index (χ3n) is 4.38. The number of nitrogens with one attached hydrogen (secondary N) is 1. The van der Waals surface area contributed by atoms with Gasteiger partial charge >= 0.3 is 5.97 Å². The number of sulfonamides is 1. The molecule has 0 aliphatic carbocycles. The molecule has 0 heterocycles. The number of amides is 1. The van der Waals surface area contributed by atoms with Crippen LogP contribution in [0.4, 0.5) is 11.4 Å². The third-order valence-corrected chi connectivity index (χ3v) is 6.73. The Hall–Kier alpha value is -3.07. The monoisotopic (exact) mass is 492 g/mol. The second-order valence-electron chi connectivity index (χ2n) is 6.54. The van der Waals surface area contributed by atoms with Gasteiger partial charge in [0.1, 0.15) is 6.54 Å². The van der Waals surface area contributed by atoms with Gasteiger partial charge in [0.25, 0.3) is 10.0 Å². The van der Waals surface area contributed by atoms with Crippen LogP contribution in [0, 0.1) is 0 Å². The van der Waals surface area contributed by atoms with Crippen LogP contribution < -0.4 is 9.62 Å². The maximum atomic E-state index is 13.3. The molecule has 3 aromatic rings. The molecule has 0 fully saturated rings. The lowest BCUT2D eigenvalue weighted by Crippen LogP contribution is -2.38. The van der Waals surface area contributed by atoms with Gasteiger partial charge in [0.05, 0.1) is 34.0 Å². The van der Waals surface area contributed by atoms with Gasteiger partial charge in [0, 0.05) is 5.02 Å². The summed E-state index contributed by atoms with van der Waals surface area (Å²) >= 11 is 12.2. The maximum Gasteiger partial charge on any atom is 0.337 e. The molecule has 0 bridgehead atoms. The van der Waals surface area contributed by atoms with Crippen molar-refractivity contribution in [1.29, 1.82) is 0 Å². The van der Waals surface area contributed by atoms with Gasteiger partial charge in [-0.05, 0) is 48.5 Å². The van der Waals surface area contributed by atoms with Crippen LogP contribution in [0.3, 0.4) is 0 Å². The molecule has 32 heavy (non-hydrogen) atoms. The minimum atomic E-state index is -4.09. The Balaban J connectivity index is 1.94. The Morgan fingerprint density at radius 2 is 1.69 bits per heavy atom. The molecule has 1 amide bonds. The van der Waals surface area contributed by atoms with Crippen LogP contribution >= 0.6 is 23.2 Å². The molecular formula is C22H18Cl2N2O5S. The standard InChI is InChI=1S/C22H18Cl2N2O5S/c1-31-22(28)15-10-11-19(24)20(12-15)25-21(27)14-26(17-7-5-6-16(23)13-17)32(29,30)18-8-3-2-4-9-18/h2-13H,14H2,1H3,(H,25,27). The predicted molar refractivity (Wildman–Crippen MR) is 124 cm³/mol. The highest BCUT2D eigenvalue weighted by atomic mass is 35.5. The van der Waals surface area contributed by atoms with Gasteiger partial charge in [0.15, 0.2) is 0 Å². The molecule has 0 spiro atoms. The number of rotatable bonds is 7. The zero-order valence-corrected chi connectivity index (χ0v) is 19.1. The number of methoxy groups -OCH3 is 1. The lowest BCUT2D eigenvalue weighted by atomic mass is 10.2. The molecule has 0 radical (unpaired) electrons. The van der Waals surface area contributed by atoms with E-state index in [4.69, 9.17) is 23.2 Å². The molecule has 166 valence electrons. The average Bonchev–Trinajstić information content (AvgIpc) is 2.79. The van der Waals surface area contributed by atoms with Gasteiger partial charge < -0.3 is 10.1 Å². The van der Waals surface area contributed by atoms with E-state index in [0.717, 1.165) is 4.31 Å². The Morgan fingerprint density at radius 1 is 0.969 bits per heavy atom. The molecule has 3 rings (SSSR count). The van der Waals surface area contributed by atoms with Crippen LogP contribution in [-0.4, -0.2) is 33.9 Å². The highest BCUT2D eigenvalue weighted by Crippen LogP contribution is 2.27. The largest absolute Gasteiger partial charge is 0.465 e. The van der Waals surface area contributed by atoms with E-state index in [1.165, 1.54) is 49.6 Å². The van der Waals surface area contributed by atoms with E-state index < -0.39 is 28.4 Å². The van der Waals surface area contributed by atoms with E-state index in [-0.39, 0.29) is 26.9 Å². The third kappa shape index (κ3) is 5.40. The Labute approximate surface area is 195 Å². The van der Waals surface area contributed by atoms with Gasteiger partial charge in [-0.15, -0.1) is 0 Å². The molecule has 0 aromatic heterocycles. The highest BCUT2D eigenvalue weighted by molar-refractivity contribution is 7.92. The number of nitrogens with zero attached hydrogens (tertiary/aromatic N) is 1. The number of carbonyl (C=O) groups excluding carboxylic acids is 2. The fraction of sp³-hybridized carbons (Fsp3) is 0.0909. The Kier molecular flexibility index (Phi) is 7.40. The van der Waals surface area contributed by atoms with Crippen LogP contribution in [0.5, 0.6) is 0 Å². The van der Waals surface area contributed by atoms with Crippen molar-refractivity contribution in [3.8, 4) is 0 Å². The van der Waals surface area contributed by atoms with E-state index >= 15 is 0 Å². The number of esters is 1. The molecule has 0 saturated carbocycles. The summed E-state index contributed by atoms with van der Waals surface area (Å²) in [6, 6.07) is 18.1. The molecule has 1 N–H and O–H groups in total. The van der Waals surface area contributed by atoms with E-state index in [0.29, 0.717) is 5.02 Å². The van der Waals surface area contributed by atoms with E-state index in [1.54, 1.807) is 30.3 Å². The Morgan fingerprint density at radius 3 is 2.34 bits per heavy atom. The van der Waals surface area contributed by atoms with E-state index in [9.17, 15) is 18.0 Å². The van der Waals surface area contributed by atoms with Crippen LogP contribution in [0.1, 0.15) is 10.4 Å². The number of carbonyl (C=O) groups is 2. The first-order chi connectivity index (χ1) is 15.2. The molecule has 0 saturated heterocycles. The lowest BCUT2D eigenvalue weighted by Gasteiger charge is -2.24. The number of hydrogen-bond acceptors (Lipinski definition) is 5. The van der Waals surface area contributed by atoms with Crippen LogP contribution in [0.25, 0.3) is 0 Å². The van der Waals surface area contributed by atoms with Gasteiger partial charge in [-0.3, -0.25) is 9.10 Å². The van der Waals surface area contributed by atoms with Gasteiger partial charge in [0.2, 0.25) is 5.91 Å². The normalized spacial score (nSPS) is 11.0. The fourth-order valence-electron chi connectivity index (χ4n) is 2.85. The smallest absolute Gasteiger partial charge is 0.337 e. The van der Waals surface area contributed by atoms with Crippen molar-refractivity contribution >= 4 is 56.5 Å². The quantitative estimate of drug-likeness (QED) is 0.485. The van der Waals surface area contributed by atoms with E-state index in [1.807, 2.05) is 0 Å². The molecule has 0 aliphatic heterocycles. The number of benzene rings is 3. The molecule has 0 unspecified atom stereocenters. The van der Waals surface area contributed by atoms with Crippen molar-refractivity contribution in [2.45, 2.75) is 4.90 Å². The lowest BCUT2D eigenvalue weighted by molar-refractivity contribution is -0.114. The maximum absolute atomic E-state index is 13.3. The summed E-state index contributed by atoms with van der Waals surface area (Å²) in [5, 5.41) is 3.03. The van der Waals surface area contributed by atoms with E-state index in [2.05, 4.69) is 10.1 Å². The van der Waals surface area contributed by atoms with Crippen LogP contribution in [0.2, 0.25) is 10.0 Å². The van der Waals surface area contributed by atoms with Crippen LogP contribution in [0.15, 0.2) is 77.7 Å². The van der Waals surface area contributed by atoms with Gasteiger partial charge in [-0.25, -0.2) is 13.2 Å². The second kappa shape index (κ2) is 10.0.